The molecule has 0 radical (unpaired) electrons. The molecule has 0 saturated carbocycles. The van der Waals surface area contributed by atoms with Crippen LogP contribution in [0.3, 0.4) is 0 Å². The molecule has 1 rings (SSSR count). The van der Waals surface area contributed by atoms with Crippen molar-refractivity contribution in [2.75, 3.05) is 0 Å². The summed E-state index contributed by atoms with van der Waals surface area (Å²) in [7, 11) is 0. The molecule has 0 N–H and O–H groups in total. The summed E-state index contributed by atoms with van der Waals surface area (Å²) in [6, 6.07) is 0. The Kier molecular flexibility index (Phi) is 15.5. The largest absolute Gasteiger partial charge is 0.455 e. The van der Waals surface area contributed by atoms with Crippen molar-refractivity contribution in [1.82, 2.24) is 0 Å². The van der Waals surface area contributed by atoms with Gasteiger partial charge in [-0.2, -0.15) is 0 Å². The lowest BCUT2D eigenvalue weighted by atomic mass is 10.0. The van der Waals surface area contributed by atoms with Crippen LogP contribution < -0.4 is 0 Å². The average Bonchev–Trinajstić information content (AvgIpc) is 3.17. The fraction of sp³-hybridized carbons (Fsp3) is 0.778. The van der Waals surface area contributed by atoms with Gasteiger partial charge >= 0.3 is 23.9 Å². The van der Waals surface area contributed by atoms with Gasteiger partial charge in [0.25, 0.3) is 0 Å². The van der Waals surface area contributed by atoms with Crippen molar-refractivity contribution in [3.05, 3.63) is 0 Å². The highest BCUT2D eigenvalue weighted by Gasteiger charge is 2.55. The number of terminal acetylenes is 1. The van der Waals surface area contributed by atoms with Crippen LogP contribution in [0.5, 0.6) is 0 Å². The summed E-state index contributed by atoms with van der Waals surface area (Å²) in [6.45, 7) is 7.74. The molecule has 1 aliphatic rings. The third kappa shape index (κ3) is 11.0. The van der Waals surface area contributed by atoms with Gasteiger partial charge in [0.1, 0.15) is 0 Å². The SMILES string of the molecule is C#C[C@H](OC(=O)CCCC)[C@H]1O[C@@H](OC(=O)CCCC)[C@@H](OC(=O)CCCC)[C@@H]1OC(=O)CCCC. The van der Waals surface area contributed by atoms with Crippen LogP contribution in [0.25, 0.3) is 0 Å². The molecule has 0 aromatic rings. The lowest BCUT2D eigenvalue weighted by molar-refractivity contribution is -0.201. The van der Waals surface area contributed by atoms with Gasteiger partial charge in [-0.05, 0) is 25.7 Å². The molecule has 36 heavy (non-hydrogen) atoms. The van der Waals surface area contributed by atoms with E-state index in [1.807, 2.05) is 27.7 Å². The number of ether oxygens (including phenoxy) is 5. The van der Waals surface area contributed by atoms with E-state index < -0.39 is 54.6 Å². The van der Waals surface area contributed by atoms with E-state index in [1.165, 1.54) is 0 Å². The third-order valence-electron chi connectivity index (χ3n) is 5.65. The van der Waals surface area contributed by atoms with E-state index in [2.05, 4.69) is 5.92 Å². The van der Waals surface area contributed by atoms with Crippen molar-refractivity contribution in [2.45, 2.75) is 135 Å². The topological polar surface area (TPSA) is 114 Å². The number of unbranched alkanes of at least 4 members (excludes halogenated alkanes) is 4. The van der Waals surface area contributed by atoms with Crippen LogP contribution in [0.2, 0.25) is 0 Å². The lowest BCUT2D eigenvalue weighted by Gasteiger charge is -2.26. The summed E-state index contributed by atoms with van der Waals surface area (Å²) in [5.41, 5.74) is 0. The Morgan fingerprint density at radius 3 is 1.56 bits per heavy atom. The number of hydrogen-bond acceptors (Lipinski definition) is 9. The van der Waals surface area contributed by atoms with E-state index in [-0.39, 0.29) is 25.7 Å². The van der Waals surface area contributed by atoms with Gasteiger partial charge in [0, 0.05) is 25.7 Å². The number of carbonyl (C=O) groups is 4. The maximum absolute atomic E-state index is 12.6. The van der Waals surface area contributed by atoms with E-state index in [0.717, 1.165) is 25.7 Å². The minimum Gasteiger partial charge on any atom is -0.455 e. The van der Waals surface area contributed by atoms with E-state index in [1.54, 1.807) is 0 Å². The molecule has 0 aromatic heterocycles. The first-order valence-electron chi connectivity index (χ1n) is 13.2. The molecule has 9 nitrogen and oxygen atoms in total. The molecule has 1 saturated heterocycles. The first-order valence-corrected chi connectivity index (χ1v) is 13.2. The monoisotopic (exact) mass is 510 g/mol. The molecule has 5 atom stereocenters. The highest BCUT2D eigenvalue weighted by Crippen LogP contribution is 2.32. The van der Waals surface area contributed by atoms with Crippen molar-refractivity contribution in [1.29, 1.82) is 0 Å². The number of hydrogen-bond donors (Lipinski definition) is 0. The van der Waals surface area contributed by atoms with Crippen molar-refractivity contribution in [3.63, 3.8) is 0 Å². The Morgan fingerprint density at radius 1 is 0.694 bits per heavy atom. The molecule has 0 spiro atoms. The van der Waals surface area contributed by atoms with Crippen LogP contribution in [0, 0.1) is 12.3 Å². The first-order chi connectivity index (χ1) is 17.3. The summed E-state index contributed by atoms with van der Waals surface area (Å²) in [5, 5.41) is 0. The Morgan fingerprint density at radius 2 is 1.11 bits per heavy atom. The molecule has 0 unspecified atom stereocenters. The van der Waals surface area contributed by atoms with Crippen LogP contribution in [-0.2, 0) is 42.9 Å². The number of carbonyl (C=O) groups excluding carboxylic acids is 4. The summed E-state index contributed by atoms with van der Waals surface area (Å²) in [6.07, 6.45) is 5.51. The normalized spacial score (nSPS) is 21.8. The predicted octanol–water partition coefficient (Wildman–Crippen LogP) is 4.38. The molecule has 0 bridgehead atoms. The Balaban J connectivity index is 3.24. The standard InChI is InChI=1S/C27H42O9/c1-6-11-15-20(28)32-19(10-5)24-25(33-21(29)16-12-7-2)26(34-22(30)17-13-8-3)27(36-24)35-23(31)18-14-9-4/h5,19,24-27H,6-9,11-18H2,1-4H3/t19-,24+,25+,26-,27+/m0/s1. The predicted molar refractivity (Wildman–Crippen MR) is 131 cm³/mol. The summed E-state index contributed by atoms with van der Waals surface area (Å²) >= 11 is 0. The van der Waals surface area contributed by atoms with Gasteiger partial charge in [0.15, 0.2) is 18.3 Å². The van der Waals surface area contributed by atoms with Gasteiger partial charge in [-0.15, -0.1) is 6.42 Å². The summed E-state index contributed by atoms with van der Waals surface area (Å²) in [4.78, 5) is 49.8. The highest BCUT2D eigenvalue weighted by atomic mass is 16.8. The molecule has 1 aliphatic heterocycles. The molecule has 204 valence electrons. The van der Waals surface area contributed by atoms with E-state index >= 15 is 0 Å². The van der Waals surface area contributed by atoms with Crippen LogP contribution in [-0.4, -0.2) is 54.6 Å². The van der Waals surface area contributed by atoms with Crippen molar-refractivity contribution in [2.24, 2.45) is 0 Å². The zero-order chi connectivity index (χ0) is 26.9. The average molecular weight is 511 g/mol. The summed E-state index contributed by atoms with van der Waals surface area (Å²) in [5.74, 6) is 0.201. The van der Waals surface area contributed by atoms with Crippen molar-refractivity contribution >= 4 is 23.9 Å². The van der Waals surface area contributed by atoms with Gasteiger partial charge in [0.2, 0.25) is 12.4 Å². The minimum atomic E-state index is -1.36. The molecular weight excluding hydrogens is 468 g/mol. The van der Waals surface area contributed by atoms with Gasteiger partial charge in [-0.1, -0.05) is 59.3 Å². The second-order valence-electron chi connectivity index (χ2n) is 8.86. The molecule has 1 heterocycles. The van der Waals surface area contributed by atoms with Crippen LogP contribution in [0.15, 0.2) is 0 Å². The number of rotatable bonds is 17. The van der Waals surface area contributed by atoms with Crippen molar-refractivity contribution < 1.29 is 42.9 Å². The molecule has 9 heteroatoms. The van der Waals surface area contributed by atoms with Crippen LogP contribution >= 0.6 is 0 Å². The Labute approximate surface area is 214 Å². The molecule has 0 amide bonds. The summed E-state index contributed by atoms with van der Waals surface area (Å²) < 4.78 is 28.1. The smallest absolute Gasteiger partial charge is 0.308 e. The lowest BCUT2D eigenvalue weighted by Crippen LogP contribution is -2.45. The van der Waals surface area contributed by atoms with E-state index in [4.69, 9.17) is 30.1 Å². The highest BCUT2D eigenvalue weighted by molar-refractivity contribution is 5.72. The minimum absolute atomic E-state index is 0.133. The fourth-order valence-corrected chi connectivity index (χ4v) is 3.54. The maximum Gasteiger partial charge on any atom is 0.308 e. The first kappa shape index (κ1) is 31.4. The van der Waals surface area contributed by atoms with Crippen LogP contribution in [0.4, 0.5) is 0 Å². The second-order valence-corrected chi connectivity index (χ2v) is 8.86. The van der Waals surface area contributed by atoms with Gasteiger partial charge in [-0.25, -0.2) is 0 Å². The number of esters is 4. The van der Waals surface area contributed by atoms with E-state index in [0.29, 0.717) is 25.7 Å². The Bertz CT molecular complexity index is 742. The fourth-order valence-electron chi connectivity index (χ4n) is 3.54. The quantitative estimate of drug-likeness (QED) is 0.160. The molecule has 0 aliphatic carbocycles. The Hall–Kier alpha value is -2.60. The maximum atomic E-state index is 12.6. The molecule has 1 fully saturated rings. The van der Waals surface area contributed by atoms with Gasteiger partial charge < -0.3 is 23.7 Å². The van der Waals surface area contributed by atoms with E-state index in [9.17, 15) is 19.2 Å². The van der Waals surface area contributed by atoms with Crippen LogP contribution in [0.1, 0.15) is 105 Å². The second kappa shape index (κ2) is 17.8. The zero-order valence-corrected chi connectivity index (χ0v) is 22.1. The molecule has 0 aromatic carbocycles. The zero-order valence-electron chi connectivity index (χ0n) is 22.1. The third-order valence-corrected chi connectivity index (χ3v) is 5.65. The van der Waals surface area contributed by atoms with Crippen molar-refractivity contribution in [3.8, 4) is 12.3 Å². The molecular formula is C27H42O9. The van der Waals surface area contributed by atoms with Gasteiger partial charge in [-0.3, -0.25) is 19.2 Å². The van der Waals surface area contributed by atoms with Gasteiger partial charge in [0.05, 0.1) is 0 Å².